The number of halogens is 1. The molecule has 7 N–H and O–H groups in total. The highest BCUT2D eigenvalue weighted by molar-refractivity contribution is 7.21. The van der Waals surface area contributed by atoms with E-state index in [1.54, 1.807) is 0 Å². The lowest BCUT2D eigenvalue weighted by Crippen LogP contribution is -2.31. The molecule has 0 atom stereocenters. The van der Waals surface area contributed by atoms with Crippen molar-refractivity contribution >= 4 is 50.7 Å². The van der Waals surface area contributed by atoms with Gasteiger partial charge in [-0.1, -0.05) is 37.6 Å². The van der Waals surface area contributed by atoms with E-state index >= 15 is 0 Å². The topological polar surface area (TPSA) is 133 Å². The highest BCUT2D eigenvalue weighted by Gasteiger charge is 2.22. The largest absolute Gasteiger partial charge is 0.397 e. The van der Waals surface area contributed by atoms with Crippen LogP contribution in [0.25, 0.3) is 21.5 Å². The molecule has 0 aliphatic heterocycles. The number of hydrogen-bond donors (Lipinski definition) is 4. The number of anilines is 2. The highest BCUT2D eigenvalue weighted by atomic mass is 35.5. The van der Waals surface area contributed by atoms with E-state index < -0.39 is 5.91 Å². The molecule has 3 aromatic rings. The van der Waals surface area contributed by atoms with Gasteiger partial charge in [-0.05, 0) is 30.5 Å². The van der Waals surface area contributed by atoms with Crippen molar-refractivity contribution in [1.82, 2.24) is 9.97 Å². The fraction of sp³-hybridized carbons (Fsp3) is 0.316. The molecular formula is C19H23ClN6OS. The number of primary amides is 1. The van der Waals surface area contributed by atoms with Crippen LogP contribution in [0, 0.1) is 12.3 Å². The number of amides is 1. The Bertz CT molecular complexity index is 1060. The average molecular weight is 419 g/mol. The molecule has 0 saturated heterocycles. The molecule has 2 heterocycles. The Morgan fingerprint density at radius 3 is 2.64 bits per heavy atom. The number of hydrogen-bond acceptors (Lipinski definition) is 7. The lowest BCUT2D eigenvalue weighted by molar-refractivity contribution is 0.100. The number of thiophene rings is 1. The lowest BCUT2D eigenvalue weighted by Gasteiger charge is -2.22. The third kappa shape index (κ3) is 3.89. The normalized spacial score (nSPS) is 11.8. The maximum absolute atomic E-state index is 11.8. The number of rotatable bonds is 6. The molecule has 1 amide bonds. The lowest BCUT2D eigenvalue weighted by atomic mass is 9.94. The molecule has 148 valence electrons. The molecule has 0 fully saturated rings. The average Bonchev–Trinajstić information content (AvgIpc) is 2.99. The number of nitrogens with two attached hydrogens (primary N) is 3. The van der Waals surface area contributed by atoms with E-state index in [1.807, 2.05) is 39.0 Å². The Morgan fingerprint density at radius 1 is 1.32 bits per heavy atom. The standard InChI is InChI=1S/C19H23ClN6OS/c1-9-4-5-10(6-11(9)20)14-12-13(22)15(16(23)27)28-17(12)26-18(25-14)24-8-19(2,3)7-21/h4-6H,7-8,21-22H2,1-3H3,(H2,23,27)(H,24,25,26). The van der Waals surface area contributed by atoms with Crippen LogP contribution in [0.4, 0.5) is 11.6 Å². The van der Waals surface area contributed by atoms with Crippen LogP contribution in [-0.2, 0) is 0 Å². The van der Waals surface area contributed by atoms with E-state index in [1.165, 1.54) is 0 Å². The van der Waals surface area contributed by atoms with E-state index in [2.05, 4.69) is 15.3 Å². The van der Waals surface area contributed by atoms with Crippen LogP contribution in [0.2, 0.25) is 5.02 Å². The van der Waals surface area contributed by atoms with Crippen molar-refractivity contribution in [1.29, 1.82) is 0 Å². The third-order valence-electron chi connectivity index (χ3n) is 4.54. The first-order valence-electron chi connectivity index (χ1n) is 8.73. The number of nitrogens with zero attached hydrogens (tertiary/aromatic N) is 2. The van der Waals surface area contributed by atoms with Crippen molar-refractivity contribution in [2.75, 3.05) is 24.1 Å². The Morgan fingerprint density at radius 2 is 2.04 bits per heavy atom. The first kappa shape index (κ1) is 20.3. The summed E-state index contributed by atoms with van der Waals surface area (Å²) in [5.41, 5.74) is 20.0. The second-order valence-corrected chi connectivity index (χ2v) is 8.88. The summed E-state index contributed by atoms with van der Waals surface area (Å²) in [5.74, 6) is -0.162. The van der Waals surface area contributed by atoms with Gasteiger partial charge in [-0.15, -0.1) is 11.3 Å². The quantitative estimate of drug-likeness (QED) is 0.484. The number of aromatic nitrogens is 2. The molecule has 0 spiro atoms. The number of carbonyl (C=O) groups excluding carboxylic acids is 1. The smallest absolute Gasteiger partial charge is 0.260 e. The van der Waals surface area contributed by atoms with Crippen LogP contribution >= 0.6 is 22.9 Å². The summed E-state index contributed by atoms with van der Waals surface area (Å²) < 4.78 is 0. The van der Waals surface area contributed by atoms with Gasteiger partial charge >= 0.3 is 0 Å². The molecule has 3 rings (SSSR count). The summed E-state index contributed by atoms with van der Waals surface area (Å²) >= 11 is 7.47. The summed E-state index contributed by atoms with van der Waals surface area (Å²) in [6.45, 7) is 7.13. The van der Waals surface area contributed by atoms with Gasteiger partial charge in [0.2, 0.25) is 5.95 Å². The summed E-state index contributed by atoms with van der Waals surface area (Å²) in [7, 11) is 0. The van der Waals surface area contributed by atoms with Gasteiger partial charge in [0.15, 0.2) is 0 Å². The molecule has 0 aliphatic carbocycles. The molecule has 0 unspecified atom stereocenters. The van der Waals surface area contributed by atoms with Gasteiger partial charge in [-0.2, -0.15) is 0 Å². The van der Waals surface area contributed by atoms with Crippen LogP contribution in [0.3, 0.4) is 0 Å². The van der Waals surface area contributed by atoms with Crippen molar-refractivity contribution in [3.63, 3.8) is 0 Å². The van der Waals surface area contributed by atoms with Crippen molar-refractivity contribution in [2.45, 2.75) is 20.8 Å². The molecule has 28 heavy (non-hydrogen) atoms. The Hall–Kier alpha value is -2.42. The molecule has 0 aliphatic rings. The minimum Gasteiger partial charge on any atom is -0.397 e. The predicted molar refractivity (Wildman–Crippen MR) is 117 cm³/mol. The SMILES string of the molecule is Cc1ccc(-c2nc(NCC(C)(C)CN)nc3sc(C(N)=O)c(N)c23)cc1Cl. The van der Waals surface area contributed by atoms with Crippen LogP contribution in [0.5, 0.6) is 0 Å². The van der Waals surface area contributed by atoms with Gasteiger partial charge in [0, 0.05) is 17.1 Å². The predicted octanol–water partition coefficient (Wildman–Crippen LogP) is 3.40. The number of nitrogen functional groups attached to an aromatic ring is 1. The van der Waals surface area contributed by atoms with Gasteiger partial charge in [0.05, 0.1) is 16.8 Å². The first-order valence-corrected chi connectivity index (χ1v) is 9.92. The van der Waals surface area contributed by atoms with E-state index in [-0.39, 0.29) is 16.0 Å². The first-order chi connectivity index (χ1) is 13.1. The summed E-state index contributed by atoms with van der Waals surface area (Å²) in [6, 6.07) is 5.65. The van der Waals surface area contributed by atoms with E-state index in [0.717, 1.165) is 22.5 Å². The molecule has 9 heteroatoms. The van der Waals surface area contributed by atoms with Crippen molar-refractivity contribution in [2.24, 2.45) is 16.9 Å². The van der Waals surface area contributed by atoms with Gasteiger partial charge in [0.1, 0.15) is 9.71 Å². The number of benzene rings is 1. The summed E-state index contributed by atoms with van der Waals surface area (Å²) in [6.07, 6.45) is 0. The maximum atomic E-state index is 11.8. The zero-order chi connectivity index (χ0) is 20.6. The molecule has 0 bridgehead atoms. The van der Waals surface area contributed by atoms with Crippen molar-refractivity contribution < 1.29 is 4.79 Å². The fourth-order valence-electron chi connectivity index (χ4n) is 2.62. The highest BCUT2D eigenvalue weighted by Crippen LogP contribution is 2.39. The second-order valence-electron chi connectivity index (χ2n) is 7.47. The molecule has 2 aromatic heterocycles. The number of carbonyl (C=O) groups is 1. The molecule has 7 nitrogen and oxygen atoms in total. The Balaban J connectivity index is 2.20. The maximum Gasteiger partial charge on any atom is 0.260 e. The molecule has 0 radical (unpaired) electrons. The van der Waals surface area contributed by atoms with Gasteiger partial charge in [0.25, 0.3) is 5.91 Å². The van der Waals surface area contributed by atoms with E-state index in [4.69, 9.17) is 28.8 Å². The third-order valence-corrected chi connectivity index (χ3v) is 6.06. The molecular weight excluding hydrogens is 396 g/mol. The summed E-state index contributed by atoms with van der Waals surface area (Å²) in [5, 5.41) is 4.45. The van der Waals surface area contributed by atoms with E-state index in [9.17, 15) is 4.79 Å². The van der Waals surface area contributed by atoms with Crippen molar-refractivity contribution in [3.8, 4) is 11.3 Å². The minimum atomic E-state index is -0.591. The van der Waals surface area contributed by atoms with Crippen LogP contribution < -0.4 is 22.5 Å². The van der Waals surface area contributed by atoms with Crippen LogP contribution in [0.15, 0.2) is 18.2 Å². The molecule has 0 saturated carbocycles. The van der Waals surface area contributed by atoms with Gasteiger partial charge < -0.3 is 22.5 Å². The zero-order valence-corrected chi connectivity index (χ0v) is 17.5. The van der Waals surface area contributed by atoms with Gasteiger partial charge in [-0.3, -0.25) is 4.79 Å². The van der Waals surface area contributed by atoms with Gasteiger partial charge in [-0.25, -0.2) is 9.97 Å². The van der Waals surface area contributed by atoms with Crippen molar-refractivity contribution in [3.05, 3.63) is 33.7 Å². The molecule has 1 aromatic carbocycles. The summed E-state index contributed by atoms with van der Waals surface area (Å²) in [4.78, 5) is 21.8. The second kappa shape index (κ2) is 7.54. The van der Waals surface area contributed by atoms with Crippen LogP contribution in [0.1, 0.15) is 29.1 Å². The Kier molecular flexibility index (Phi) is 5.47. The number of fused-ring (bicyclic) bond motifs is 1. The minimum absolute atomic E-state index is 0.126. The zero-order valence-electron chi connectivity index (χ0n) is 16.0. The van der Waals surface area contributed by atoms with E-state index in [0.29, 0.717) is 40.0 Å². The fourth-order valence-corrected chi connectivity index (χ4v) is 3.75. The number of nitrogens with one attached hydrogen (secondary N) is 1. The number of aryl methyl sites for hydroxylation is 1. The Labute approximate surface area is 172 Å². The monoisotopic (exact) mass is 418 g/mol. The van der Waals surface area contributed by atoms with Crippen LogP contribution in [-0.4, -0.2) is 29.0 Å².